The van der Waals surface area contributed by atoms with Gasteiger partial charge in [-0.2, -0.15) is 0 Å². The molecule has 0 aliphatic carbocycles. The minimum Gasteiger partial charge on any atom is -0.462 e. The molecule has 0 radical (unpaired) electrons. The summed E-state index contributed by atoms with van der Waals surface area (Å²) in [4.78, 5) is 11.8. The van der Waals surface area contributed by atoms with Crippen molar-refractivity contribution in [2.75, 3.05) is 11.9 Å². The van der Waals surface area contributed by atoms with Gasteiger partial charge in [-0.3, -0.25) is 0 Å². The number of aryl methyl sites for hydroxylation is 1. The number of ether oxygens (including phenoxy) is 2. The average Bonchev–Trinajstić information content (AvgIpc) is 3.11. The highest BCUT2D eigenvalue weighted by atomic mass is 32.1. The molecule has 1 aliphatic rings. The van der Waals surface area contributed by atoms with Gasteiger partial charge < -0.3 is 41.0 Å². The Labute approximate surface area is 164 Å². The van der Waals surface area contributed by atoms with E-state index in [4.69, 9.17) is 15.2 Å². The summed E-state index contributed by atoms with van der Waals surface area (Å²) in [5, 5.41) is 43.3. The van der Waals surface area contributed by atoms with Gasteiger partial charge in [0.05, 0.1) is 12.3 Å². The summed E-state index contributed by atoms with van der Waals surface area (Å²) >= 11 is 1.43. The van der Waals surface area contributed by atoms with Crippen molar-refractivity contribution in [1.82, 2.24) is 0 Å². The molecule has 152 valence electrons. The van der Waals surface area contributed by atoms with E-state index in [1.54, 1.807) is 30.5 Å². The molecule has 0 bridgehead atoms. The van der Waals surface area contributed by atoms with E-state index in [-0.39, 0.29) is 0 Å². The van der Waals surface area contributed by atoms with Crippen LogP contribution < -0.4 is 15.8 Å². The lowest BCUT2D eigenvalue weighted by Gasteiger charge is -2.39. The highest BCUT2D eigenvalue weighted by Crippen LogP contribution is 2.33. The second-order valence-corrected chi connectivity index (χ2v) is 7.40. The summed E-state index contributed by atoms with van der Waals surface area (Å²) in [6, 6.07) is 6.50. The molecule has 10 heteroatoms. The first kappa shape index (κ1) is 20.5. The molecule has 5 atom stereocenters. The number of aliphatic hydroxyl groups is 4. The first-order valence-corrected chi connectivity index (χ1v) is 9.41. The molecule has 5 unspecified atom stereocenters. The molecule has 3 rings (SSSR count). The fourth-order valence-corrected chi connectivity index (χ4v) is 3.76. The lowest BCUT2D eigenvalue weighted by molar-refractivity contribution is -0.277. The number of primary amides is 1. The van der Waals surface area contributed by atoms with Gasteiger partial charge in [0.2, 0.25) is 6.29 Å². The first-order chi connectivity index (χ1) is 13.3. The van der Waals surface area contributed by atoms with Gasteiger partial charge in [0.25, 0.3) is 0 Å². The summed E-state index contributed by atoms with van der Waals surface area (Å²) in [5.41, 5.74) is 7.35. The zero-order valence-corrected chi connectivity index (χ0v) is 15.8. The Kier molecular flexibility index (Phi) is 6.18. The topological polar surface area (TPSA) is 154 Å². The molecule has 1 fully saturated rings. The van der Waals surface area contributed by atoms with E-state index < -0.39 is 43.3 Å². The predicted octanol–water partition coefficient (Wildman–Crippen LogP) is 0.393. The van der Waals surface area contributed by atoms with E-state index in [0.717, 1.165) is 16.0 Å². The quantitative estimate of drug-likeness (QED) is 0.417. The minimum absolute atomic E-state index is 0.417. The Morgan fingerprint density at radius 1 is 1.25 bits per heavy atom. The summed E-state index contributed by atoms with van der Waals surface area (Å²) in [6.45, 7) is 1.28. The number of carbonyl (C=O) groups is 1. The van der Waals surface area contributed by atoms with E-state index >= 15 is 0 Å². The summed E-state index contributed by atoms with van der Waals surface area (Å²) in [5.74, 6) is 0.417. The molecule has 7 N–H and O–H groups in total. The summed E-state index contributed by atoms with van der Waals surface area (Å²) < 4.78 is 11.0. The third kappa shape index (κ3) is 4.27. The van der Waals surface area contributed by atoms with Crippen LogP contribution in [0.5, 0.6) is 5.75 Å². The van der Waals surface area contributed by atoms with Gasteiger partial charge in [-0.05, 0) is 42.3 Å². The number of carbonyl (C=O) groups excluding carboxylic acids is 1. The van der Waals surface area contributed by atoms with Crippen molar-refractivity contribution < 1.29 is 34.7 Å². The van der Waals surface area contributed by atoms with Crippen LogP contribution in [0, 0.1) is 6.92 Å². The number of rotatable bonds is 5. The molecule has 28 heavy (non-hydrogen) atoms. The molecule has 2 aromatic rings. The van der Waals surface area contributed by atoms with Crippen molar-refractivity contribution in [1.29, 1.82) is 0 Å². The molecule has 1 aliphatic heterocycles. The van der Waals surface area contributed by atoms with E-state index in [1.807, 2.05) is 6.07 Å². The summed E-state index contributed by atoms with van der Waals surface area (Å²) in [6.07, 6.45) is -6.70. The average molecular weight is 410 g/mol. The molecule has 0 saturated carbocycles. The fraction of sp³-hybridized carbons (Fsp3) is 0.389. The highest BCUT2D eigenvalue weighted by Gasteiger charge is 2.44. The van der Waals surface area contributed by atoms with Gasteiger partial charge >= 0.3 is 6.03 Å². The van der Waals surface area contributed by atoms with Crippen molar-refractivity contribution in [3.8, 4) is 16.2 Å². The van der Waals surface area contributed by atoms with Crippen LogP contribution >= 0.6 is 11.3 Å². The first-order valence-electron chi connectivity index (χ1n) is 8.53. The highest BCUT2D eigenvalue weighted by molar-refractivity contribution is 7.14. The predicted molar refractivity (Wildman–Crippen MR) is 102 cm³/mol. The van der Waals surface area contributed by atoms with Crippen molar-refractivity contribution in [3.63, 3.8) is 0 Å². The van der Waals surface area contributed by atoms with E-state index in [0.29, 0.717) is 11.4 Å². The van der Waals surface area contributed by atoms with Crippen LogP contribution in [-0.4, -0.2) is 63.8 Å². The van der Waals surface area contributed by atoms with Crippen molar-refractivity contribution in [2.45, 2.75) is 37.6 Å². The van der Waals surface area contributed by atoms with Crippen LogP contribution in [0.2, 0.25) is 0 Å². The van der Waals surface area contributed by atoms with Crippen LogP contribution in [0.4, 0.5) is 10.5 Å². The molecule has 0 spiro atoms. The third-order valence-corrected chi connectivity index (χ3v) is 5.40. The second-order valence-electron chi connectivity index (χ2n) is 6.48. The molecule has 1 saturated heterocycles. The van der Waals surface area contributed by atoms with Crippen molar-refractivity contribution in [2.24, 2.45) is 5.73 Å². The number of hydrogen-bond donors (Lipinski definition) is 6. The van der Waals surface area contributed by atoms with Gasteiger partial charge in [0, 0.05) is 10.3 Å². The monoisotopic (exact) mass is 410 g/mol. The Bertz CT molecular complexity index is 841. The number of aliphatic hydroxyl groups excluding tert-OH is 4. The Hall–Kier alpha value is -2.21. The lowest BCUT2D eigenvalue weighted by Crippen LogP contribution is -2.60. The number of anilines is 1. The number of nitrogens with one attached hydrogen (secondary N) is 1. The van der Waals surface area contributed by atoms with Crippen LogP contribution in [0.3, 0.4) is 0 Å². The van der Waals surface area contributed by atoms with E-state index in [9.17, 15) is 25.2 Å². The fourth-order valence-electron chi connectivity index (χ4n) is 2.92. The molecular formula is C18H22N2O7S. The Balaban J connectivity index is 1.75. The molecule has 9 nitrogen and oxygen atoms in total. The number of urea groups is 1. The molecule has 1 aromatic carbocycles. The largest absolute Gasteiger partial charge is 0.462 e. The van der Waals surface area contributed by atoms with Crippen molar-refractivity contribution in [3.05, 3.63) is 35.2 Å². The Morgan fingerprint density at radius 3 is 2.64 bits per heavy atom. The SMILES string of the molecule is Cc1cc(-c2cc(NC(N)=O)cs2)ccc1OC1OC(CO)C(O)C(O)C1O. The number of hydrogen-bond acceptors (Lipinski definition) is 8. The van der Waals surface area contributed by atoms with Gasteiger partial charge in [-0.1, -0.05) is 0 Å². The molecule has 1 aromatic heterocycles. The number of thiophene rings is 1. The zero-order chi connectivity index (χ0) is 20.4. The lowest BCUT2D eigenvalue weighted by atomic mass is 9.99. The number of benzene rings is 1. The van der Waals surface area contributed by atoms with Gasteiger partial charge in [-0.25, -0.2) is 4.79 Å². The summed E-state index contributed by atoms with van der Waals surface area (Å²) in [7, 11) is 0. The van der Waals surface area contributed by atoms with Gasteiger partial charge in [-0.15, -0.1) is 11.3 Å². The third-order valence-electron chi connectivity index (χ3n) is 4.42. The van der Waals surface area contributed by atoms with Crippen LogP contribution in [0.15, 0.2) is 29.6 Å². The molecule has 2 heterocycles. The van der Waals surface area contributed by atoms with Crippen LogP contribution in [0.25, 0.3) is 10.4 Å². The molecule has 2 amide bonds. The second kappa shape index (κ2) is 8.43. The van der Waals surface area contributed by atoms with Crippen LogP contribution in [0.1, 0.15) is 5.56 Å². The Morgan fingerprint density at radius 2 is 2.00 bits per heavy atom. The maximum absolute atomic E-state index is 10.9. The number of amides is 2. The minimum atomic E-state index is -1.50. The number of nitrogens with two attached hydrogens (primary N) is 1. The maximum Gasteiger partial charge on any atom is 0.316 e. The van der Waals surface area contributed by atoms with Crippen molar-refractivity contribution >= 4 is 23.1 Å². The normalized spacial score (nSPS) is 27.4. The van der Waals surface area contributed by atoms with Gasteiger partial charge in [0.15, 0.2) is 0 Å². The van der Waals surface area contributed by atoms with E-state index in [1.165, 1.54) is 11.3 Å². The zero-order valence-electron chi connectivity index (χ0n) is 15.0. The van der Waals surface area contributed by atoms with Gasteiger partial charge in [0.1, 0.15) is 30.2 Å². The van der Waals surface area contributed by atoms with E-state index in [2.05, 4.69) is 5.32 Å². The maximum atomic E-state index is 10.9. The van der Waals surface area contributed by atoms with Crippen LogP contribution in [-0.2, 0) is 4.74 Å². The standard InChI is InChI=1S/C18H22N2O7S/c1-8-4-9(13-5-10(7-28-13)20-18(19)25)2-3-11(8)26-17-16(24)15(23)14(22)12(6-21)27-17/h2-5,7,12,14-17,21-24H,6H2,1H3,(H3,19,20,25). The smallest absolute Gasteiger partial charge is 0.316 e. The molecular weight excluding hydrogens is 388 g/mol.